The average Bonchev–Trinajstić information content (AvgIpc) is 2.74. The number of ether oxygens (including phenoxy) is 3. The molecule has 2 rings (SSSR count). The summed E-state index contributed by atoms with van der Waals surface area (Å²) in [7, 11) is 3.06. The molecule has 0 heterocycles. The van der Waals surface area contributed by atoms with Gasteiger partial charge < -0.3 is 29.5 Å². The molecule has 31 heavy (non-hydrogen) atoms. The summed E-state index contributed by atoms with van der Waals surface area (Å²) >= 11 is 0. The van der Waals surface area contributed by atoms with Crippen molar-refractivity contribution in [1.82, 2.24) is 4.90 Å². The van der Waals surface area contributed by atoms with Gasteiger partial charge in [0.05, 0.1) is 14.2 Å². The van der Waals surface area contributed by atoms with Crippen LogP contribution in [0.15, 0.2) is 42.5 Å². The van der Waals surface area contributed by atoms with E-state index in [0.29, 0.717) is 36.0 Å². The standard InChI is InChI=1S/C23H30N2O6/c1-6-14-25(22(28)24-20-18(29-4)8-7-9-19(20)30-5)15-16-10-12-17(13-11-16)31-23(2,3)21(26)27/h7-13H,6,14-15H2,1-5H3,(H,24,28)(H,26,27). The highest BCUT2D eigenvalue weighted by Gasteiger charge is 2.29. The second kappa shape index (κ2) is 10.6. The first-order valence-corrected chi connectivity index (χ1v) is 10.00. The van der Waals surface area contributed by atoms with Gasteiger partial charge in [0.2, 0.25) is 0 Å². The molecule has 2 aromatic rings. The number of urea groups is 1. The number of carboxylic acid groups (broad SMARTS) is 1. The fraction of sp³-hybridized carbons (Fsp3) is 0.391. The summed E-state index contributed by atoms with van der Waals surface area (Å²) in [6, 6.07) is 12.0. The fourth-order valence-corrected chi connectivity index (χ4v) is 2.90. The van der Waals surface area contributed by atoms with E-state index >= 15 is 0 Å². The van der Waals surface area contributed by atoms with Gasteiger partial charge in [0.15, 0.2) is 5.60 Å². The van der Waals surface area contributed by atoms with Crippen LogP contribution in [0.4, 0.5) is 10.5 Å². The Morgan fingerprint density at radius 1 is 1.03 bits per heavy atom. The Bertz CT molecular complexity index is 873. The lowest BCUT2D eigenvalue weighted by atomic mass is 10.1. The third kappa shape index (κ3) is 6.28. The Morgan fingerprint density at radius 3 is 2.10 bits per heavy atom. The van der Waals surface area contributed by atoms with Crippen LogP contribution in [0, 0.1) is 0 Å². The quantitative estimate of drug-likeness (QED) is 0.580. The predicted octanol–water partition coefficient (Wildman–Crippen LogP) is 4.39. The van der Waals surface area contributed by atoms with Gasteiger partial charge in [-0.1, -0.05) is 25.1 Å². The van der Waals surface area contributed by atoms with Gasteiger partial charge in [0.1, 0.15) is 22.9 Å². The first-order chi connectivity index (χ1) is 14.7. The number of amides is 2. The van der Waals surface area contributed by atoms with E-state index in [1.807, 2.05) is 19.1 Å². The van der Waals surface area contributed by atoms with Crippen LogP contribution < -0.4 is 19.5 Å². The molecule has 0 atom stereocenters. The molecule has 0 saturated heterocycles. The smallest absolute Gasteiger partial charge is 0.347 e. The van der Waals surface area contributed by atoms with Crippen molar-refractivity contribution in [2.75, 3.05) is 26.1 Å². The molecule has 0 fully saturated rings. The molecule has 2 aromatic carbocycles. The van der Waals surface area contributed by atoms with Gasteiger partial charge in [-0.25, -0.2) is 9.59 Å². The number of nitrogens with one attached hydrogen (secondary N) is 1. The van der Waals surface area contributed by atoms with Crippen molar-refractivity contribution < 1.29 is 28.9 Å². The molecule has 0 unspecified atom stereocenters. The zero-order valence-corrected chi connectivity index (χ0v) is 18.6. The Kier molecular flexibility index (Phi) is 8.13. The lowest BCUT2D eigenvalue weighted by Gasteiger charge is -2.24. The zero-order valence-electron chi connectivity index (χ0n) is 18.6. The summed E-state index contributed by atoms with van der Waals surface area (Å²) in [5.41, 5.74) is 0.0259. The van der Waals surface area contributed by atoms with Crippen LogP contribution in [0.25, 0.3) is 0 Å². The molecular weight excluding hydrogens is 400 g/mol. The van der Waals surface area contributed by atoms with Gasteiger partial charge in [-0.2, -0.15) is 0 Å². The van der Waals surface area contributed by atoms with Crippen LogP contribution in [-0.4, -0.2) is 48.4 Å². The predicted molar refractivity (Wildman–Crippen MR) is 118 cm³/mol. The molecule has 8 nitrogen and oxygen atoms in total. The van der Waals surface area contributed by atoms with Gasteiger partial charge in [-0.3, -0.25) is 0 Å². The van der Waals surface area contributed by atoms with Crippen LogP contribution in [0.1, 0.15) is 32.8 Å². The van der Waals surface area contributed by atoms with E-state index in [1.54, 1.807) is 35.2 Å². The van der Waals surface area contributed by atoms with Gasteiger partial charge in [-0.15, -0.1) is 0 Å². The first kappa shape index (κ1) is 23.9. The van der Waals surface area contributed by atoms with Crippen LogP contribution in [-0.2, 0) is 11.3 Å². The highest BCUT2D eigenvalue weighted by atomic mass is 16.5. The number of rotatable bonds is 10. The van der Waals surface area contributed by atoms with E-state index in [4.69, 9.17) is 14.2 Å². The number of nitrogens with zero attached hydrogens (tertiary/aromatic N) is 1. The number of benzene rings is 2. The SMILES string of the molecule is CCCN(Cc1ccc(OC(C)(C)C(=O)O)cc1)C(=O)Nc1c(OC)cccc1OC. The number of methoxy groups -OCH3 is 2. The number of anilines is 1. The lowest BCUT2D eigenvalue weighted by Crippen LogP contribution is -2.37. The molecule has 0 saturated carbocycles. The van der Waals surface area contributed by atoms with Crippen LogP contribution in [0.3, 0.4) is 0 Å². The zero-order chi connectivity index (χ0) is 23.0. The van der Waals surface area contributed by atoms with E-state index in [0.717, 1.165) is 12.0 Å². The van der Waals surface area contributed by atoms with Crippen LogP contribution >= 0.6 is 0 Å². The molecule has 168 valence electrons. The van der Waals surface area contributed by atoms with Crippen molar-refractivity contribution in [3.05, 3.63) is 48.0 Å². The molecule has 0 aliphatic carbocycles. The number of para-hydroxylation sites is 1. The second-order valence-electron chi connectivity index (χ2n) is 7.45. The number of carboxylic acids is 1. The summed E-state index contributed by atoms with van der Waals surface area (Å²) < 4.78 is 16.2. The number of hydrogen-bond acceptors (Lipinski definition) is 5. The van der Waals surface area contributed by atoms with Crippen molar-refractivity contribution in [2.24, 2.45) is 0 Å². The fourth-order valence-electron chi connectivity index (χ4n) is 2.90. The third-order valence-electron chi connectivity index (χ3n) is 4.63. The molecule has 2 N–H and O–H groups in total. The largest absolute Gasteiger partial charge is 0.494 e. The average molecular weight is 431 g/mol. The number of carbonyl (C=O) groups is 2. The van der Waals surface area contributed by atoms with Gasteiger partial charge >= 0.3 is 12.0 Å². The highest BCUT2D eigenvalue weighted by molar-refractivity contribution is 5.93. The van der Waals surface area contributed by atoms with E-state index in [2.05, 4.69) is 5.32 Å². The van der Waals surface area contributed by atoms with Gasteiger partial charge in [-0.05, 0) is 50.1 Å². The van der Waals surface area contributed by atoms with Crippen molar-refractivity contribution in [2.45, 2.75) is 39.3 Å². The van der Waals surface area contributed by atoms with E-state index in [1.165, 1.54) is 28.1 Å². The maximum absolute atomic E-state index is 13.0. The number of aliphatic carboxylic acids is 1. The summed E-state index contributed by atoms with van der Waals surface area (Å²) in [6.07, 6.45) is 0.782. The number of hydrogen-bond donors (Lipinski definition) is 2. The molecular formula is C23H30N2O6. The minimum atomic E-state index is -1.33. The van der Waals surface area contributed by atoms with Gasteiger partial charge in [0, 0.05) is 13.1 Å². The summed E-state index contributed by atoms with van der Waals surface area (Å²) in [5, 5.41) is 12.1. The maximum atomic E-state index is 13.0. The Labute approximate surface area is 182 Å². The maximum Gasteiger partial charge on any atom is 0.347 e. The third-order valence-corrected chi connectivity index (χ3v) is 4.63. The molecule has 0 radical (unpaired) electrons. The number of carbonyl (C=O) groups excluding carboxylic acids is 1. The molecule has 0 bridgehead atoms. The summed E-state index contributed by atoms with van der Waals surface area (Å²) in [6.45, 7) is 5.90. The summed E-state index contributed by atoms with van der Waals surface area (Å²) in [5.74, 6) is 0.411. The van der Waals surface area contributed by atoms with Crippen LogP contribution in [0.2, 0.25) is 0 Å². The highest BCUT2D eigenvalue weighted by Crippen LogP contribution is 2.34. The lowest BCUT2D eigenvalue weighted by molar-refractivity contribution is -0.152. The Morgan fingerprint density at radius 2 is 1.61 bits per heavy atom. The van der Waals surface area contributed by atoms with E-state index < -0.39 is 11.6 Å². The molecule has 0 aromatic heterocycles. The molecule has 2 amide bonds. The molecule has 0 spiro atoms. The Balaban J connectivity index is 2.14. The topological polar surface area (TPSA) is 97.3 Å². The summed E-state index contributed by atoms with van der Waals surface area (Å²) in [4.78, 5) is 25.9. The van der Waals surface area contributed by atoms with Crippen molar-refractivity contribution in [1.29, 1.82) is 0 Å². The van der Waals surface area contributed by atoms with E-state index in [9.17, 15) is 14.7 Å². The second-order valence-corrected chi connectivity index (χ2v) is 7.45. The van der Waals surface area contributed by atoms with Gasteiger partial charge in [0.25, 0.3) is 0 Å². The van der Waals surface area contributed by atoms with Crippen molar-refractivity contribution in [3.63, 3.8) is 0 Å². The molecule has 0 aliphatic heterocycles. The Hall–Kier alpha value is -3.42. The van der Waals surface area contributed by atoms with Crippen LogP contribution in [0.5, 0.6) is 17.2 Å². The first-order valence-electron chi connectivity index (χ1n) is 10.00. The molecule has 8 heteroatoms. The normalized spacial score (nSPS) is 10.9. The minimum Gasteiger partial charge on any atom is -0.494 e. The van der Waals surface area contributed by atoms with Crippen molar-refractivity contribution in [3.8, 4) is 17.2 Å². The van der Waals surface area contributed by atoms with E-state index in [-0.39, 0.29) is 6.03 Å². The monoisotopic (exact) mass is 430 g/mol. The molecule has 0 aliphatic rings. The van der Waals surface area contributed by atoms with Crippen molar-refractivity contribution >= 4 is 17.7 Å². The minimum absolute atomic E-state index is 0.281.